The Morgan fingerprint density at radius 2 is 1.95 bits per heavy atom. The number of Topliss-reactive ketones (excluding diaryl/α,β-unsaturated/α-hetero) is 1. The van der Waals surface area contributed by atoms with Crippen molar-refractivity contribution in [3.05, 3.63) is 4.88 Å². The zero-order valence-electron chi connectivity index (χ0n) is 11.7. The SMILES string of the molecule is CCCN(C)c1sc(C(C)=O)c(N)c1S(=O)(=O)CC. The van der Waals surface area contributed by atoms with E-state index < -0.39 is 9.84 Å². The van der Waals surface area contributed by atoms with Gasteiger partial charge in [0.15, 0.2) is 15.6 Å². The number of thiophene rings is 1. The van der Waals surface area contributed by atoms with E-state index in [1.807, 2.05) is 18.9 Å². The second kappa shape index (κ2) is 5.92. The summed E-state index contributed by atoms with van der Waals surface area (Å²) in [6.07, 6.45) is 0.884. The molecule has 0 aliphatic heterocycles. The van der Waals surface area contributed by atoms with Gasteiger partial charge in [-0.25, -0.2) is 8.42 Å². The van der Waals surface area contributed by atoms with Crippen LogP contribution in [-0.4, -0.2) is 33.5 Å². The molecule has 7 heteroatoms. The maximum atomic E-state index is 12.2. The van der Waals surface area contributed by atoms with E-state index in [4.69, 9.17) is 5.73 Å². The number of nitrogens with zero attached hydrogens (tertiary/aromatic N) is 1. The summed E-state index contributed by atoms with van der Waals surface area (Å²) in [4.78, 5) is 13.8. The number of carbonyl (C=O) groups excluding carboxylic acids is 1. The molecule has 0 saturated carbocycles. The Morgan fingerprint density at radius 1 is 1.37 bits per heavy atom. The fourth-order valence-electron chi connectivity index (χ4n) is 1.81. The van der Waals surface area contributed by atoms with E-state index in [1.54, 1.807) is 6.92 Å². The van der Waals surface area contributed by atoms with Gasteiger partial charge in [0, 0.05) is 20.5 Å². The number of sulfone groups is 1. The highest BCUT2D eigenvalue weighted by Gasteiger charge is 2.28. The van der Waals surface area contributed by atoms with Crippen LogP contribution in [0, 0.1) is 0 Å². The van der Waals surface area contributed by atoms with E-state index in [1.165, 1.54) is 6.92 Å². The lowest BCUT2D eigenvalue weighted by Crippen LogP contribution is -2.19. The molecular weight excluding hydrogens is 284 g/mol. The standard InChI is InChI=1S/C12H20N2O3S2/c1-5-7-14(4)12-11(19(16,17)6-2)9(13)10(18-12)8(3)15/h5-7,13H2,1-4H3. The van der Waals surface area contributed by atoms with E-state index in [0.29, 0.717) is 16.4 Å². The van der Waals surface area contributed by atoms with E-state index >= 15 is 0 Å². The third-order valence-corrected chi connectivity index (χ3v) is 6.14. The first-order valence-electron chi connectivity index (χ1n) is 6.13. The number of nitrogen functional groups attached to an aromatic ring is 1. The first-order chi connectivity index (χ1) is 8.76. The molecule has 0 unspecified atom stereocenters. The number of rotatable bonds is 6. The smallest absolute Gasteiger partial charge is 0.183 e. The van der Waals surface area contributed by atoms with Gasteiger partial charge in [0.1, 0.15) is 9.90 Å². The highest BCUT2D eigenvalue weighted by Crippen LogP contribution is 2.41. The molecular formula is C12H20N2O3S2. The molecule has 19 heavy (non-hydrogen) atoms. The average molecular weight is 304 g/mol. The van der Waals surface area contributed by atoms with Gasteiger partial charge in [-0.15, -0.1) is 11.3 Å². The van der Waals surface area contributed by atoms with Crippen molar-refractivity contribution >= 4 is 37.6 Å². The van der Waals surface area contributed by atoms with E-state index in [2.05, 4.69) is 0 Å². The second-order valence-electron chi connectivity index (χ2n) is 4.36. The van der Waals surface area contributed by atoms with Crippen LogP contribution in [0.4, 0.5) is 10.7 Å². The molecule has 0 saturated heterocycles. The Bertz CT molecular complexity index is 576. The van der Waals surface area contributed by atoms with Crippen LogP contribution in [0.3, 0.4) is 0 Å². The minimum absolute atomic E-state index is 0.0295. The highest BCUT2D eigenvalue weighted by atomic mass is 32.2. The minimum atomic E-state index is -3.44. The predicted molar refractivity (Wildman–Crippen MR) is 80.0 cm³/mol. The molecule has 0 aliphatic carbocycles. The van der Waals surface area contributed by atoms with Crippen molar-refractivity contribution in [3.8, 4) is 0 Å². The summed E-state index contributed by atoms with van der Waals surface area (Å²) in [7, 11) is -1.63. The summed E-state index contributed by atoms with van der Waals surface area (Å²) in [6, 6.07) is 0. The molecule has 0 fully saturated rings. The first-order valence-corrected chi connectivity index (χ1v) is 8.60. The Kier molecular flexibility index (Phi) is 4.98. The number of nitrogens with two attached hydrogens (primary N) is 1. The lowest BCUT2D eigenvalue weighted by molar-refractivity contribution is 0.102. The second-order valence-corrected chi connectivity index (χ2v) is 7.57. The Hall–Kier alpha value is -1.08. The third-order valence-electron chi connectivity index (χ3n) is 2.80. The van der Waals surface area contributed by atoms with Crippen LogP contribution in [0.25, 0.3) is 0 Å². The highest BCUT2D eigenvalue weighted by molar-refractivity contribution is 7.92. The quantitative estimate of drug-likeness (QED) is 0.815. The predicted octanol–water partition coefficient (Wildman–Crippen LogP) is 2.17. The molecule has 0 atom stereocenters. The Balaban J connectivity index is 3.53. The number of ketones is 1. The minimum Gasteiger partial charge on any atom is -0.396 e. The zero-order chi connectivity index (χ0) is 14.8. The molecule has 0 aliphatic rings. The zero-order valence-corrected chi connectivity index (χ0v) is 13.3. The summed E-state index contributed by atoms with van der Waals surface area (Å²) in [5, 5.41) is 0.561. The van der Waals surface area contributed by atoms with Gasteiger partial charge in [-0.1, -0.05) is 13.8 Å². The topological polar surface area (TPSA) is 80.5 Å². The van der Waals surface area contributed by atoms with Gasteiger partial charge in [-0.05, 0) is 6.42 Å². The number of hydrogen-bond donors (Lipinski definition) is 1. The maximum absolute atomic E-state index is 12.2. The molecule has 0 spiro atoms. The lowest BCUT2D eigenvalue weighted by Gasteiger charge is -2.18. The van der Waals surface area contributed by atoms with Gasteiger partial charge in [-0.2, -0.15) is 0 Å². The normalized spacial score (nSPS) is 11.6. The van der Waals surface area contributed by atoms with Crippen LogP contribution in [-0.2, 0) is 9.84 Å². The molecule has 0 radical (unpaired) electrons. The molecule has 0 amide bonds. The number of anilines is 2. The van der Waals surface area contributed by atoms with Crippen LogP contribution in [0.15, 0.2) is 4.90 Å². The molecule has 1 rings (SSSR count). The largest absolute Gasteiger partial charge is 0.396 e. The van der Waals surface area contributed by atoms with Crippen molar-refractivity contribution in [1.29, 1.82) is 0 Å². The van der Waals surface area contributed by atoms with E-state index in [9.17, 15) is 13.2 Å². The maximum Gasteiger partial charge on any atom is 0.183 e. The first kappa shape index (κ1) is 16.0. The molecule has 2 N–H and O–H groups in total. The lowest BCUT2D eigenvalue weighted by atomic mass is 10.3. The molecule has 5 nitrogen and oxygen atoms in total. The van der Waals surface area contributed by atoms with Crippen molar-refractivity contribution in [2.24, 2.45) is 0 Å². The van der Waals surface area contributed by atoms with E-state index in [0.717, 1.165) is 17.8 Å². The summed E-state index contributed by atoms with van der Waals surface area (Å²) in [5.41, 5.74) is 5.98. The van der Waals surface area contributed by atoms with Crippen molar-refractivity contribution in [2.75, 3.05) is 30.0 Å². The summed E-state index contributed by atoms with van der Waals surface area (Å²) in [6.45, 7) is 5.69. The Labute approximate surface area is 118 Å². The van der Waals surface area contributed by atoms with Crippen molar-refractivity contribution < 1.29 is 13.2 Å². The molecule has 0 bridgehead atoms. The van der Waals surface area contributed by atoms with Gasteiger partial charge in [0.2, 0.25) is 0 Å². The van der Waals surface area contributed by atoms with Gasteiger partial charge >= 0.3 is 0 Å². The third kappa shape index (κ3) is 3.09. The fourth-order valence-corrected chi connectivity index (χ4v) is 4.53. The molecule has 1 aromatic heterocycles. The molecule has 1 heterocycles. The Morgan fingerprint density at radius 3 is 2.37 bits per heavy atom. The van der Waals surface area contributed by atoms with Gasteiger partial charge in [0.25, 0.3) is 0 Å². The van der Waals surface area contributed by atoms with Crippen LogP contribution in [0.5, 0.6) is 0 Å². The summed E-state index contributed by atoms with van der Waals surface area (Å²) in [5.74, 6) is -0.232. The molecule has 0 aromatic carbocycles. The summed E-state index contributed by atoms with van der Waals surface area (Å²) >= 11 is 1.16. The number of carbonyl (C=O) groups is 1. The fraction of sp³-hybridized carbons (Fsp3) is 0.583. The monoisotopic (exact) mass is 304 g/mol. The van der Waals surface area contributed by atoms with Crippen LogP contribution >= 0.6 is 11.3 Å². The van der Waals surface area contributed by atoms with Crippen LogP contribution in [0.2, 0.25) is 0 Å². The van der Waals surface area contributed by atoms with Crippen LogP contribution in [0.1, 0.15) is 36.9 Å². The van der Waals surface area contributed by atoms with Gasteiger partial charge in [-0.3, -0.25) is 4.79 Å². The van der Waals surface area contributed by atoms with Crippen molar-refractivity contribution in [2.45, 2.75) is 32.1 Å². The molecule has 108 valence electrons. The average Bonchev–Trinajstić information content (AvgIpc) is 2.68. The van der Waals surface area contributed by atoms with Crippen LogP contribution < -0.4 is 10.6 Å². The van der Waals surface area contributed by atoms with Gasteiger partial charge in [0.05, 0.1) is 16.3 Å². The van der Waals surface area contributed by atoms with Crippen molar-refractivity contribution in [1.82, 2.24) is 0 Å². The number of hydrogen-bond acceptors (Lipinski definition) is 6. The van der Waals surface area contributed by atoms with Crippen molar-refractivity contribution in [3.63, 3.8) is 0 Å². The molecule has 1 aromatic rings. The summed E-state index contributed by atoms with van der Waals surface area (Å²) < 4.78 is 24.4. The van der Waals surface area contributed by atoms with Gasteiger partial charge < -0.3 is 10.6 Å². The van der Waals surface area contributed by atoms with E-state index in [-0.39, 0.29) is 22.1 Å².